The number of quaternary nitrogens is 1. The number of aromatic nitrogens is 2. The van der Waals surface area contributed by atoms with Crippen LogP contribution in [0, 0.1) is 0 Å². The maximum Gasteiger partial charge on any atom is 0.512 e. The Morgan fingerprint density at radius 3 is 2.52 bits per heavy atom. The number of ether oxygens (including phenoxy) is 3. The Labute approximate surface area is 191 Å². The summed E-state index contributed by atoms with van der Waals surface area (Å²) in [6.45, 7) is 8.98. The maximum absolute atomic E-state index is 12.1. The van der Waals surface area contributed by atoms with E-state index in [2.05, 4.69) is 35.7 Å². The van der Waals surface area contributed by atoms with Crippen LogP contribution in [0.4, 0.5) is 4.79 Å². The van der Waals surface area contributed by atoms with E-state index in [1.807, 2.05) is 6.92 Å². The summed E-state index contributed by atoms with van der Waals surface area (Å²) in [5, 5.41) is 0. The van der Waals surface area contributed by atoms with Gasteiger partial charge in [0.1, 0.15) is 12.2 Å². The standard InChI is InChI=1S/C23H40N3O4S/c1-5-7-9-11-16-28-22-21(24-31-25-22)20-14-13-15-26(4,18-20)19(3)30-23(27)29-17-12-10-8-6-2/h14,19H,5-13,15-18H2,1-4H3/q+1/t19-,26?/m0/s1. The topological polar surface area (TPSA) is 70.5 Å². The Morgan fingerprint density at radius 2 is 1.81 bits per heavy atom. The highest BCUT2D eigenvalue weighted by atomic mass is 32.1. The summed E-state index contributed by atoms with van der Waals surface area (Å²) in [5.41, 5.74) is 1.93. The van der Waals surface area contributed by atoms with Crippen molar-refractivity contribution in [2.24, 2.45) is 0 Å². The van der Waals surface area contributed by atoms with Gasteiger partial charge in [-0.3, -0.25) is 4.48 Å². The second-order valence-corrected chi connectivity index (χ2v) is 9.11. The van der Waals surface area contributed by atoms with Crippen LogP contribution in [0.5, 0.6) is 5.88 Å². The fraction of sp³-hybridized carbons (Fsp3) is 0.783. The van der Waals surface area contributed by atoms with Crippen LogP contribution in [-0.4, -0.2) is 59.0 Å². The third kappa shape index (κ3) is 8.41. The van der Waals surface area contributed by atoms with Crippen molar-refractivity contribution in [1.82, 2.24) is 8.75 Å². The molecule has 1 aromatic heterocycles. The minimum atomic E-state index is -0.578. The molecule has 0 spiro atoms. The van der Waals surface area contributed by atoms with Gasteiger partial charge in [0.05, 0.1) is 38.5 Å². The number of carbonyl (C=O) groups is 1. The minimum Gasteiger partial charge on any atom is -0.475 e. The highest BCUT2D eigenvalue weighted by Gasteiger charge is 2.37. The number of unbranched alkanes of at least 4 members (excludes halogenated alkanes) is 6. The van der Waals surface area contributed by atoms with Crippen molar-refractivity contribution in [3.63, 3.8) is 0 Å². The first-order valence-corrected chi connectivity index (χ1v) is 12.6. The van der Waals surface area contributed by atoms with E-state index in [0.29, 0.717) is 30.1 Å². The lowest BCUT2D eigenvalue weighted by Gasteiger charge is -2.41. The van der Waals surface area contributed by atoms with E-state index in [1.54, 1.807) is 0 Å². The zero-order chi connectivity index (χ0) is 22.5. The fourth-order valence-electron chi connectivity index (χ4n) is 3.70. The van der Waals surface area contributed by atoms with Gasteiger partial charge in [-0.15, -0.1) is 4.37 Å². The lowest BCUT2D eigenvalue weighted by atomic mass is 10.0. The third-order valence-electron chi connectivity index (χ3n) is 5.92. The fourth-order valence-corrected chi connectivity index (χ4v) is 4.23. The molecule has 0 radical (unpaired) electrons. The molecular formula is C23H40N3O4S+. The molecule has 0 saturated carbocycles. The monoisotopic (exact) mass is 454 g/mol. The van der Waals surface area contributed by atoms with Gasteiger partial charge in [0, 0.05) is 18.9 Å². The SMILES string of the molecule is CCCCCCOC(=O)O[C@@H](C)[N+]1(C)CCC=C(c2nsnc2OCCCCCC)C1. The second kappa shape index (κ2) is 13.7. The number of rotatable bonds is 14. The summed E-state index contributed by atoms with van der Waals surface area (Å²) in [5.74, 6) is 0.626. The second-order valence-electron chi connectivity index (χ2n) is 8.58. The average molecular weight is 455 g/mol. The Kier molecular flexibility index (Phi) is 11.3. The first-order valence-electron chi connectivity index (χ1n) is 11.8. The van der Waals surface area contributed by atoms with Gasteiger partial charge in [-0.25, -0.2) is 4.79 Å². The largest absolute Gasteiger partial charge is 0.512 e. The molecule has 2 rings (SSSR count). The van der Waals surface area contributed by atoms with Crippen molar-refractivity contribution < 1.29 is 23.5 Å². The molecule has 2 atom stereocenters. The molecule has 1 aliphatic rings. The van der Waals surface area contributed by atoms with Crippen LogP contribution in [0.25, 0.3) is 5.57 Å². The van der Waals surface area contributed by atoms with E-state index in [1.165, 1.54) is 31.0 Å². The van der Waals surface area contributed by atoms with E-state index in [-0.39, 0.29) is 6.23 Å². The van der Waals surface area contributed by atoms with Gasteiger partial charge >= 0.3 is 6.16 Å². The lowest BCUT2D eigenvalue weighted by Crippen LogP contribution is -2.55. The van der Waals surface area contributed by atoms with Gasteiger partial charge in [-0.05, 0) is 12.8 Å². The van der Waals surface area contributed by atoms with Crippen LogP contribution in [0.15, 0.2) is 6.08 Å². The normalized spacial score (nSPS) is 19.5. The summed E-state index contributed by atoms with van der Waals surface area (Å²) in [4.78, 5) is 12.1. The predicted molar refractivity (Wildman–Crippen MR) is 124 cm³/mol. The van der Waals surface area contributed by atoms with Crippen molar-refractivity contribution in [3.8, 4) is 5.88 Å². The molecule has 0 fully saturated rings. The van der Waals surface area contributed by atoms with Crippen molar-refractivity contribution in [2.75, 3.05) is 33.4 Å². The van der Waals surface area contributed by atoms with Gasteiger partial charge in [-0.1, -0.05) is 58.4 Å². The van der Waals surface area contributed by atoms with Crippen LogP contribution in [0.2, 0.25) is 0 Å². The lowest BCUT2D eigenvalue weighted by molar-refractivity contribution is -0.944. The molecule has 31 heavy (non-hydrogen) atoms. The molecule has 0 aliphatic carbocycles. The van der Waals surface area contributed by atoms with Crippen molar-refractivity contribution >= 4 is 23.5 Å². The number of hydrogen-bond donors (Lipinski definition) is 0. The molecule has 1 unspecified atom stereocenters. The Morgan fingerprint density at radius 1 is 1.10 bits per heavy atom. The molecule has 0 aromatic carbocycles. The summed E-state index contributed by atoms with van der Waals surface area (Å²) >= 11 is 1.18. The van der Waals surface area contributed by atoms with Crippen LogP contribution in [0.1, 0.15) is 84.3 Å². The van der Waals surface area contributed by atoms with Crippen LogP contribution >= 0.6 is 11.7 Å². The molecule has 0 bridgehead atoms. The van der Waals surface area contributed by atoms with Gasteiger partial charge in [0.25, 0.3) is 5.88 Å². The van der Waals surface area contributed by atoms with Crippen LogP contribution in [-0.2, 0) is 9.47 Å². The van der Waals surface area contributed by atoms with Crippen molar-refractivity contribution in [2.45, 2.75) is 84.8 Å². The molecule has 0 N–H and O–H groups in total. The number of hydrogen-bond acceptors (Lipinski definition) is 7. The van der Waals surface area contributed by atoms with Crippen LogP contribution < -0.4 is 4.74 Å². The Hall–Kier alpha value is -1.67. The molecule has 2 heterocycles. The zero-order valence-electron chi connectivity index (χ0n) is 19.7. The van der Waals surface area contributed by atoms with Crippen LogP contribution in [0.3, 0.4) is 0 Å². The van der Waals surface area contributed by atoms with Gasteiger partial charge < -0.3 is 14.2 Å². The highest BCUT2D eigenvalue weighted by molar-refractivity contribution is 6.99. The summed E-state index contributed by atoms with van der Waals surface area (Å²) in [6.07, 6.45) is 11.1. The van der Waals surface area contributed by atoms with Gasteiger partial charge in [0.15, 0.2) is 0 Å². The molecular weight excluding hydrogens is 414 g/mol. The molecule has 0 amide bonds. The maximum atomic E-state index is 12.1. The zero-order valence-corrected chi connectivity index (χ0v) is 20.5. The highest BCUT2D eigenvalue weighted by Crippen LogP contribution is 2.31. The molecule has 8 heteroatoms. The van der Waals surface area contributed by atoms with E-state index in [9.17, 15) is 4.79 Å². The van der Waals surface area contributed by atoms with E-state index in [4.69, 9.17) is 14.2 Å². The van der Waals surface area contributed by atoms with Gasteiger partial charge in [0.2, 0.25) is 6.23 Å². The minimum absolute atomic E-state index is 0.308. The molecule has 7 nitrogen and oxygen atoms in total. The Balaban J connectivity index is 1.87. The first kappa shape index (κ1) is 25.6. The quantitative estimate of drug-likeness (QED) is 0.201. The molecule has 0 saturated heterocycles. The Bertz CT molecular complexity index is 694. The van der Waals surface area contributed by atoms with Crippen molar-refractivity contribution in [1.29, 1.82) is 0 Å². The van der Waals surface area contributed by atoms with E-state index >= 15 is 0 Å². The summed E-state index contributed by atoms with van der Waals surface area (Å²) in [6, 6.07) is 0. The molecule has 1 aromatic rings. The number of carbonyl (C=O) groups excluding carboxylic acids is 1. The van der Waals surface area contributed by atoms with E-state index in [0.717, 1.165) is 56.3 Å². The number of likely N-dealkylation sites (N-methyl/N-ethyl adjacent to an activating group) is 1. The smallest absolute Gasteiger partial charge is 0.475 e. The summed E-state index contributed by atoms with van der Waals surface area (Å²) in [7, 11) is 2.11. The average Bonchev–Trinajstić information content (AvgIpc) is 3.22. The van der Waals surface area contributed by atoms with Crippen molar-refractivity contribution in [3.05, 3.63) is 11.8 Å². The predicted octanol–water partition coefficient (Wildman–Crippen LogP) is 5.81. The first-order chi connectivity index (χ1) is 15.0. The van der Waals surface area contributed by atoms with E-state index < -0.39 is 6.16 Å². The summed E-state index contributed by atoms with van der Waals surface area (Å²) < 4.78 is 26.3. The molecule has 1 aliphatic heterocycles. The van der Waals surface area contributed by atoms with Gasteiger partial charge in [-0.2, -0.15) is 4.37 Å². The molecule has 176 valence electrons. The number of nitrogens with zero attached hydrogens (tertiary/aromatic N) is 3. The third-order valence-corrected chi connectivity index (χ3v) is 6.44.